The number of rotatable bonds is 1. The van der Waals surface area contributed by atoms with Crippen molar-refractivity contribution in [1.82, 2.24) is 0 Å². The molecule has 0 amide bonds. The summed E-state index contributed by atoms with van der Waals surface area (Å²) in [6.45, 7) is 0.0763. The van der Waals surface area contributed by atoms with E-state index in [-0.39, 0.29) is 37.3 Å². The molecule has 0 bridgehead atoms. The fraction of sp³-hybridized carbons (Fsp3) is 0.143. The Morgan fingerprint density at radius 1 is 0.842 bits per heavy atom. The van der Waals surface area contributed by atoms with Crippen molar-refractivity contribution in [3.8, 4) is 11.1 Å². The molecular formula is C14H16Cl2N2O. The van der Waals surface area contributed by atoms with Crippen LogP contribution in [-0.4, -0.2) is 11.7 Å². The molecule has 0 spiro atoms. The lowest BCUT2D eigenvalue weighted by atomic mass is 9.97. The Balaban J connectivity index is 0.000000902. The summed E-state index contributed by atoms with van der Waals surface area (Å²) < 4.78 is 0. The molecule has 0 aliphatic heterocycles. The van der Waals surface area contributed by atoms with E-state index < -0.39 is 0 Å². The highest BCUT2D eigenvalue weighted by molar-refractivity contribution is 5.85. The fourth-order valence-electron chi connectivity index (χ4n) is 2.59. The zero-order valence-electron chi connectivity index (χ0n) is 10.2. The number of aliphatic hydroxyl groups is 1. The van der Waals surface area contributed by atoms with Crippen molar-refractivity contribution < 1.29 is 5.11 Å². The summed E-state index contributed by atoms with van der Waals surface area (Å²) in [6.07, 6.45) is 0. The van der Waals surface area contributed by atoms with E-state index in [4.69, 9.17) is 11.5 Å². The summed E-state index contributed by atoms with van der Waals surface area (Å²) in [5, 5.41) is 9.56. The van der Waals surface area contributed by atoms with Gasteiger partial charge in [-0.05, 0) is 46.5 Å². The van der Waals surface area contributed by atoms with Gasteiger partial charge < -0.3 is 16.6 Å². The predicted octanol–water partition coefficient (Wildman–Crippen LogP) is 2.80. The Morgan fingerprint density at radius 2 is 1.26 bits per heavy atom. The molecule has 0 unspecified atom stereocenters. The fourth-order valence-corrected chi connectivity index (χ4v) is 2.59. The SMILES string of the molecule is Cl.Cl.Nc1ccc2c(c1)C(CO)c1cc(N)ccc1-2. The second-order valence-electron chi connectivity index (χ2n) is 4.43. The molecule has 0 fully saturated rings. The summed E-state index contributed by atoms with van der Waals surface area (Å²) in [5.74, 6) is -0.00741. The first-order valence-electron chi connectivity index (χ1n) is 5.61. The van der Waals surface area contributed by atoms with Crippen LogP contribution in [0.25, 0.3) is 11.1 Å². The van der Waals surface area contributed by atoms with Crippen LogP contribution in [0.3, 0.4) is 0 Å². The molecule has 1 aliphatic rings. The molecule has 0 saturated heterocycles. The molecule has 0 aromatic heterocycles. The standard InChI is InChI=1S/C14H14N2O.2ClH/c15-8-1-3-10-11-4-2-9(16)6-13(11)14(7-17)12(10)5-8;;/h1-6,14,17H,7,15-16H2;2*1H. The molecule has 2 aromatic carbocycles. The third-order valence-corrected chi connectivity index (χ3v) is 3.37. The van der Waals surface area contributed by atoms with Gasteiger partial charge >= 0.3 is 0 Å². The molecule has 1 aliphatic carbocycles. The molecule has 3 nitrogen and oxygen atoms in total. The topological polar surface area (TPSA) is 72.3 Å². The van der Waals surface area contributed by atoms with Crippen molar-refractivity contribution >= 4 is 36.2 Å². The Kier molecular flexibility index (Phi) is 4.69. The highest BCUT2D eigenvalue weighted by Crippen LogP contribution is 2.45. The highest BCUT2D eigenvalue weighted by atomic mass is 35.5. The Hall–Kier alpha value is -1.42. The number of benzene rings is 2. The molecule has 0 atom stereocenters. The molecule has 5 heteroatoms. The van der Waals surface area contributed by atoms with E-state index in [0.717, 1.165) is 33.6 Å². The first kappa shape index (κ1) is 15.6. The molecule has 0 radical (unpaired) electrons. The summed E-state index contributed by atoms with van der Waals surface area (Å²) in [4.78, 5) is 0. The van der Waals surface area contributed by atoms with Gasteiger partial charge in [-0.2, -0.15) is 0 Å². The van der Waals surface area contributed by atoms with Crippen LogP contribution < -0.4 is 11.5 Å². The van der Waals surface area contributed by atoms with E-state index in [1.54, 1.807) is 0 Å². The first-order valence-corrected chi connectivity index (χ1v) is 5.61. The number of fused-ring (bicyclic) bond motifs is 3. The van der Waals surface area contributed by atoms with Crippen LogP contribution in [0, 0.1) is 0 Å². The van der Waals surface area contributed by atoms with Gasteiger partial charge in [0.2, 0.25) is 0 Å². The van der Waals surface area contributed by atoms with Gasteiger partial charge in [-0.1, -0.05) is 12.1 Å². The van der Waals surface area contributed by atoms with Crippen molar-refractivity contribution in [3.05, 3.63) is 47.5 Å². The van der Waals surface area contributed by atoms with Gasteiger partial charge in [0.15, 0.2) is 0 Å². The number of hydrogen-bond donors (Lipinski definition) is 3. The van der Waals surface area contributed by atoms with Gasteiger partial charge in [-0.15, -0.1) is 24.8 Å². The van der Waals surface area contributed by atoms with E-state index >= 15 is 0 Å². The second-order valence-corrected chi connectivity index (χ2v) is 4.43. The van der Waals surface area contributed by atoms with Crippen LogP contribution in [-0.2, 0) is 0 Å². The third-order valence-electron chi connectivity index (χ3n) is 3.37. The average molecular weight is 299 g/mol. The summed E-state index contributed by atoms with van der Waals surface area (Å²) >= 11 is 0. The van der Waals surface area contributed by atoms with Gasteiger partial charge in [0.25, 0.3) is 0 Å². The minimum absolute atomic E-state index is 0. The lowest BCUT2D eigenvalue weighted by Gasteiger charge is -2.10. The van der Waals surface area contributed by atoms with E-state index in [9.17, 15) is 5.11 Å². The Labute approximate surface area is 124 Å². The molecule has 0 saturated carbocycles. The molecule has 3 rings (SSSR count). The van der Waals surface area contributed by atoms with Gasteiger partial charge in [0.05, 0.1) is 6.61 Å². The average Bonchev–Trinajstić information content (AvgIpc) is 2.60. The van der Waals surface area contributed by atoms with Crippen molar-refractivity contribution in [1.29, 1.82) is 0 Å². The minimum atomic E-state index is -0.00741. The van der Waals surface area contributed by atoms with Crippen molar-refractivity contribution in [2.75, 3.05) is 18.1 Å². The van der Waals surface area contributed by atoms with E-state index in [1.165, 1.54) is 0 Å². The number of nitrogen functional groups attached to an aromatic ring is 2. The van der Waals surface area contributed by atoms with Crippen LogP contribution in [0.2, 0.25) is 0 Å². The summed E-state index contributed by atoms with van der Waals surface area (Å²) in [5.41, 5.74) is 17.5. The summed E-state index contributed by atoms with van der Waals surface area (Å²) in [6, 6.07) is 11.7. The van der Waals surface area contributed by atoms with Crippen molar-refractivity contribution in [3.63, 3.8) is 0 Å². The lowest BCUT2D eigenvalue weighted by molar-refractivity contribution is 0.282. The quantitative estimate of drug-likeness (QED) is 0.709. The van der Waals surface area contributed by atoms with Crippen LogP contribution in [0.15, 0.2) is 36.4 Å². The molecule has 0 heterocycles. The van der Waals surface area contributed by atoms with Crippen LogP contribution in [0.5, 0.6) is 0 Å². The maximum absolute atomic E-state index is 9.56. The van der Waals surface area contributed by atoms with Gasteiger partial charge in [0.1, 0.15) is 0 Å². The zero-order chi connectivity index (χ0) is 12.0. The molecule has 2 aromatic rings. The monoisotopic (exact) mass is 298 g/mol. The lowest BCUT2D eigenvalue weighted by Crippen LogP contribution is -2.03. The van der Waals surface area contributed by atoms with Gasteiger partial charge in [0, 0.05) is 17.3 Å². The van der Waals surface area contributed by atoms with E-state index in [1.807, 2.05) is 36.4 Å². The largest absolute Gasteiger partial charge is 0.399 e. The summed E-state index contributed by atoms with van der Waals surface area (Å²) in [7, 11) is 0. The molecule has 19 heavy (non-hydrogen) atoms. The number of nitrogens with two attached hydrogens (primary N) is 2. The molecule has 102 valence electrons. The van der Waals surface area contributed by atoms with Gasteiger partial charge in [-0.25, -0.2) is 0 Å². The maximum Gasteiger partial charge on any atom is 0.0540 e. The minimum Gasteiger partial charge on any atom is -0.399 e. The van der Waals surface area contributed by atoms with Crippen LogP contribution in [0.4, 0.5) is 11.4 Å². The smallest absolute Gasteiger partial charge is 0.0540 e. The highest BCUT2D eigenvalue weighted by Gasteiger charge is 2.28. The first-order chi connectivity index (χ1) is 8.20. The van der Waals surface area contributed by atoms with Gasteiger partial charge in [-0.3, -0.25) is 0 Å². The number of hydrogen-bond acceptors (Lipinski definition) is 3. The number of aliphatic hydroxyl groups excluding tert-OH is 1. The third kappa shape index (κ3) is 2.37. The van der Waals surface area contributed by atoms with Crippen LogP contribution in [0.1, 0.15) is 17.0 Å². The number of halogens is 2. The Morgan fingerprint density at radius 3 is 1.63 bits per heavy atom. The predicted molar refractivity (Wildman–Crippen MR) is 84.1 cm³/mol. The normalized spacial score (nSPS) is 12.1. The van der Waals surface area contributed by atoms with Crippen LogP contribution >= 0.6 is 24.8 Å². The number of anilines is 2. The molecule has 5 N–H and O–H groups in total. The van der Waals surface area contributed by atoms with Crippen molar-refractivity contribution in [2.45, 2.75) is 5.92 Å². The zero-order valence-corrected chi connectivity index (χ0v) is 11.8. The molecular weight excluding hydrogens is 283 g/mol. The maximum atomic E-state index is 9.56. The Bertz CT molecular complexity index is 550. The van der Waals surface area contributed by atoms with E-state index in [0.29, 0.717) is 0 Å². The second kappa shape index (κ2) is 5.70. The van der Waals surface area contributed by atoms with E-state index in [2.05, 4.69) is 0 Å². The van der Waals surface area contributed by atoms with Crippen molar-refractivity contribution in [2.24, 2.45) is 0 Å².